The first-order valence-electron chi connectivity index (χ1n) is 7.17. The molecule has 2 aliphatic rings. The van der Waals surface area contributed by atoms with Gasteiger partial charge in [-0.15, -0.1) is 0 Å². The van der Waals surface area contributed by atoms with Gasteiger partial charge in [0.25, 0.3) is 5.91 Å². The molecule has 5 heteroatoms. The Morgan fingerprint density at radius 3 is 2.95 bits per heavy atom. The molecule has 1 amide bonds. The highest BCUT2D eigenvalue weighted by Gasteiger charge is 2.45. The van der Waals surface area contributed by atoms with Gasteiger partial charge in [0, 0.05) is 40.7 Å². The van der Waals surface area contributed by atoms with E-state index >= 15 is 0 Å². The van der Waals surface area contributed by atoms with Crippen LogP contribution in [-0.4, -0.2) is 43.6 Å². The molecule has 0 N–H and O–H groups in total. The van der Waals surface area contributed by atoms with Crippen molar-refractivity contribution in [1.29, 1.82) is 0 Å². The number of pyridine rings is 1. The van der Waals surface area contributed by atoms with Gasteiger partial charge < -0.3 is 4.90 Å². The number of carbonyl (C=O) groups is 1. The zero-order valence-electron chi connectivity index (χ0n) is 11.8. The van der Waals surface area contributed by atoms with Crippen molar-refractivity contribution in [3.05, 3.63) is 41.6 Å². The molecule has 2 bridgehead atoms. The molecule has 108 valence electrons. The van der Waals surface area contributed by atoms with Crippen molar-refractivity contribution < 1.29 is 9.00 Å². The summed E-state index contributed by atoms with van der Waals surface area (Å²) >= 11 is 0. The quantitative estimate of drug-likeness (QED) is 0.808. The van der Waals surface area contributed by atoms with Crippen molar-refractivity contribution in [3.63, 3.8) is 0 Å². The largest absolute Gasteiger partial charge is 0.333 e. The number of aryl methyl sites for hydroxylation is 1. The van der Waals surface area contributed by atoms with Gasteiger partial charge in [0.15, 0.2) is 0 Å². The van der Waals surface area contributed by atoms with Crippen molar-refractivity contribution in [2.45, 2.75) is 24.6 Å². The molecule has 0 radical (unpaired) electrons. The van der Waals surface area contributed by atoms with Crippen LogP contribution in [-0.2, 0) is 10.8 Å². The number of aromatic nitrogens is 1. The molecule has 0 spiro atoms. The lowest BCUT2D eigenvalue weighted by Gasteiger charge is -2.27. The maximum Gasteiger partial charge on any atom is 0.256 e. The summed E-state index contributed by atoms with van der Waals surface area (Å²) in [5.74, 6) is 0.663. The molecule has 3 heterocycles. The number of hydrogen-bond donors (Lipinski definition) is 0. The summed E-state index contributed by atoms with van der Waals surface area (Å²) in [6.07, 6.45) is 2.61. The van der Waals surface area contributed by atoms with Crippen molar-refractivity contribution in [1.82, 2.24) is 9.88 Å². The Bertz CT molecular complexity index is 774. The third-order valence-corrected chi connectivity index (χ3v) is 6.38. The Morgan fingerprint density at radius 2 is 2.24 bits per heavy atom. The van der Waals surface area contributed by atoms with E-state index in [0.717, 1.165) is 22.9 Å². The summed E-state index contributed by atoms with van der Waals surface area (Å²) < 4.78 is 11.8. The zero-order valence-corrected chi connectivity index (χ0v) is 12.6. The van der Waals surface area contributed by atoms with Gasteiger partial charge in [0.05, 0.1) is 16.3 Å². The standard InChI is InChI=1S/C16H16N2O2S/c1-10-4-5-14(15-13(10)3-2-6-17-15)16(19)18-8-12-7-11(18)9-21(12)20/h2-6,11-12H,7-9H2,1H3/t11-,12-,21?/m0/s1. The van der Waals surface area contributed by atoms with Crippen LogP contribution in [0.5, 0.6) is 0 Å². The summed E-state index contributed by atoms with van der Waals surface area (Å²) in [5.41, 5.74) is 2.56. The molecule has 4 nitrogen and oxygen atoms in total. The minimum atomic E-state index is -0.745. The summed E-state index contributed by atoms with van der Waals surface area (Å²) in [6.45, 7) is 2.65. The molecule has 21 heavy (non-hydrogen) atoms. The van der Waals surface area contributed by atoms with Crippen LogP contribution in [0.25, 0.3) is 10.9 Å². The van der Waals surface area contributed by atoms with Crippen LogP contribution < -0.4 is 0 Å². The second-order valence-electron chi connectivity index (χ2n) is 5.85. The smallest absolute Gasteiger partial charge is 0.256 e. The minimum Gasteiger partial charge on any atom is -0.333 e. The summed E-state index contributed by atoms with van der Waals surface area (Å²) in [7, 11) is -0.745. The van der Waals surface area contributed by atoms with E-state index in [2.05, 4.69) is 4.98 Å². The van der Waals surface area contributed by atoms with Crippen molar-refractivity contribution in [2.75, 3.05) is 12.3 Å². The number of likely N-dealkylation sites (tertiary alicyclic amines) is 1. The molecular formula is C16H16N2O2S. The monoisotopic (exact) mass is 300 g/mol. The van der Waals surface area contributed by atoms with Gasteiger partial charge in [0.2, 0.25) is 0 Å². The van der Waals surface area contributed by atoms with E-state index in [-0.39, 0.29) is 17.2 Å². The lowest BCUT2D eigenvalue weighted by atomic mass is 10.0. The first-order chi connectivity index (χ1) is 10.1. The Morgan fingerprint density at radius 1 is 1.38 bits per heavy atom. The van der Waals surface area contributed by atoms with Crippen LogP contribution >= 0.6 is 0 Å². The van der Waals surface area contributed by atoms with Gasteiger partial charge >= 0.3 is 0 Å². The van der Waals surface area contributed by atoms with Gasteiger partial charge in [-0.3, -0.25) is 14.0 Å². The zero-order chi connectivity index (χ0) is 14.6. The Hall–Kier alpha value is -1.75. The van der Waals surface area contributed by atoms with Crippen LogP contribution in [0.1, 0.15) is 22.3 Å². The molecule has 0 aliphatic carbocycles. The van der Waals surface area contributed by atoms with Gasteiger partial charge in [-0.2, -0.15) is 0 Å². The van der Waals surface area contributed by atoms with Gasteiger partial charge in [-0.1, -0.05) is 12.1 Å². The number of benzene rings is 1. The van der Waals surface area contributed by atoms with E-state index in [9.17, 15) is 9.00 Å². The average Bonchev–Trinajstić information content (AvgIpc) is 3.06. The fraction of sp³-hybridized carbons (Fsp3) is 0.375. The number of hydrogen-bond acceptors (Lipinski definition) is 3. The number of fused-ring (bicyclic) bond motifs is 3. The average molecular weight is 300 g/mol. The highest BCUT2D eigenvalue weighted by atomic mass is 32.2. The Balaban J connectivity index is 1.76. The highest BCUT2D eigenvalue weighted by Crippen LogP contribution is 2.32. The van der Waals surface area contributed by atoms with Crippen molar-refractivity contribution >= 4 is 27.6 Å². The summed E-state index contributed by atoms with van der Waals surface area (Å²) in [4.78, 5) is 19.2. The molecule has 2 fully saturated rings. The van der Waals surface area contributed by atoms with Crippen molar-refractivity contribution in [2.24, 2.45) is 0 Å². The Kier molecular flexibility index (Phi) is 2.85. The predicted molar refractivity (Wildman–Crippen MR) is 82.7 cm³/mol. The fourth-order valence-corrected chi connectivity index (χ4v) is 5.17. The molecule has 1 aromatic heterocycles. The number of carbonyl (C=O) groups excluding carboxylic acids is 1. The second-order valence-corrected chi connectivity index (χ2v) is 7.61. The number of amides is 1. The molecule has 3 atom stereocenters. The van der Waals surface area contributed by atoms with E-state index in [1.807, 2.05) is 36.1 Å². The van der Waals surface area contributed by atoms with Crippen LogP contribution in [0.4, 0.5) is 0 Å². The fourth-order valence-electron chi connectivity index (χ4n) is 3.44. The molecular weight excluding hydrogens is 284 g/mol. The van der Waals surface area contributed by atoms with E-state index in [4.69, 9.17) is 0 Å². The molecule has 2 aliphatic heterocycles. The molecule has 1 aromatic carbocycles. The van der Waals surface area contributed by atoms with E-state index in [1.165, 1.54) is 0 Å². The molecule has 1 unspecified atom stereocenters. The van der Waals surface area contributed by atoms with E-state index in [0.29, 0.717) is 17.9 Å². The van der Waals surface area contributed by atoms with Gasteiger partial charge in [0.1, 0.15) is 0 Å². The maximum atomic E-state index is 12.9. The first kappa shape index (κ1) is 13.0. The first-order valence-corrected chi connectivity index (χ1v) is 8.56. The third kappa shape index (κ3) is 1.91. The lowest BCUT2D eigenvalue weighted by molar-refractivity contribution is 0.0748. The third-order valence-electron chi connectivity index (χ3n) is 4.58. The minimum absolute atomic E-state index is 0.0305. The highest BCUT2D eigenvalue weighted by molar-refractivity contribution is 7.86. The Labute approximate surface area is 125 Å². The normalized spacial score (nSPS) is 27.5. The molecule has 2 saturated heterocycles. The SMILES string of the molecule is Cc1ccc(C(=O)N2C[C@@H]3C[C@H]2CS3=O)c2ncccc12. The maximum absolute atomic E-state index is 12.9. The molecule has 4 rings (SSSR count). The molecule has 2 aromatic rings. The lowest BCUT2D eigenvalue weighted by Crippen LogP contribution is -2.42. The summed E-state index contributed by atoms with van der Waals surface area (Å²) in [5, 5.41) is 1.19. The van der Waals surface area contributed by atoms with Gasteiger partial charge in [-0.25, -0.2) is 0 Å². The second kappa shape index (κ2) is 4.63. The number of nitrogens with zero attached hydrogens (tertiary/aromatic N) is 2. The van der Waals surface area contributed by atoms with Crippen LogP contribution in [0, 0.1) is 6.92 Å². The topological polar surface area (TPSA) is 50.3 Å². The van der Waals surface area contributed by atoms with Crippen LogP contribution in [0.15, 0.2) is 30.5 Å². The summed E-state index contributed by atoms with van der Waals surface area (Å²) in [6, 6.07) is 7.88. The van der Waals surface area contributed by atoms with Crippen LogP contribution in [0.3, 0.4) is 0 Å². The van der Waals surface area contributed by atoms with Crippen LogP contribution in [0.2, 0.25) is 0 Å². The molecule has 0 saturated carbocycles. The van der Waals surface area contributed by atoms with E-state index in [1.54, 1.807) is 6.20 Å². The van der Waals surface area contributed by atoms with E-state index < -0.39 is 10.8 Å². The number of rotatable bonds is 1. The predicted octanol–water partition coefficient (Wildman–Crippen LogP) is 1.89. The van der Waals surface area contributed by atoms with Crippen molar-refractivity contribution in [3.8, 4) is 0 Å². The van der Waals surface area contributed by atoms with Gasteiger partial charge in [-0.05, 0) is 31.0 Å².